The van der Waals surface area contributed by atoms with Gasteiger partial charge in [0.25, 0.3) is 0 Å². The predicted molar refractivity (Wildman–Crippen MR) is 138 cm³/mol. The summed E-state index contributed by atoms with van der Waals surface area (Å²) in [6, 6.07) is 15.2. The molecule has 0 radical (unpaired) electrons. The van der Waals surface area contributed by atoms with Crippen molar-refractivity contribution < 1.29 is 23.7 Å². The summed E-state index contributed by atoms with van der Waals surface area (Å²) < 4.78 is 23.6. The second kappa shape index (κ2) is 10.7. The van der Waals surface area contributed by atoms with E-state index >= 15 is 0 Å². The molecule has 8 nitrogen and oxygen atoms in total. The number of carbonyl (C=O) groups is 1. The molecule has 36 heavy (non-hydrogen) atoms. The molecule has 1 atom stereocenters. The van der Waals surface area contributed by atoms with Gasteiger partial charge in [-0.1, -0.05) is 19.1 Å². The van der Waals surface area contributed by atoms with Crippen molar-refractivity contribution in [3.63, 3.8) is 0 Å². The summed E-state index contributed by atoms with van der Waals surface area (Å²) in [7, 11) is 6.70. The maximum absolute atomic E-state index is 12.6. The lowest BCUT2D eigenvalue weighted by molar-refractivity contribution is -0.121. The number of nitrogens with zero attached hydrogens (tertiary/aromatic N) is 3. The summed E-state index contributed by atoms with van der Waals surface area (Å²) in [6.45, 7) is 3.96. The first kappa shape index (κ1) is 25.0. The molecule has 0 aliphatic heterocycles. The smallest absolute Gasteiger partial charge is 0.215 e. The molecule has 4 rings (SSSR count). The van der Waals surface area contributed by atoms with Crippen LogP contribution in [0.3, 0.4) is 0 Å². The molecule has 2 aromatic carbocycles. The summed E-state index contributed by atoms with van der Waals surface area (Å²) in [6.07, 6.45) is 0.376. The maximum atomic E-state index is 12.6. The van der Waals surface area contributed by atoms with Crippen LogP contribution >= 0.6 is 0 Å². The highest BCUT2D eigenvalue weighted by Gasteiger charge is 2.18. The van der Waals surface area contributed by atoms with Gasteiger partial charge in [0.15, 0.2) is 11.4 Å². The van der Waals surface area contributed by atoms with Crippen molar-refractivity contribution in [2.24, 2.45) is 7.05 Å². The van der Waals surface area contributed by atoms with E-state index in [0.717, 1.165) is 33.5 Å². The van der Waals surface area contributed by atoms with Gasteiger partial charge in [-0.3, -0.25) is 4.79 Å². The monoisotopic (exact) mass is 489 g/mol. The number of hydrogen-bond donors (Lipinski definition) is 0. The van der Waals surface area contributed by atoms with Crippen molar-refractivity contribution in [2.75, 3.05) is 27.9 Å². The third-order valence-electron chi connectivity index (χ3n) is 6.19. The summed E-state index contributed by atoms with van der Waals surface area (Å²) in [5.74, 6) is 2.62. The van der Waals surface area contributed by atoms with Crippen molar-refractivity contribution in [1.82, 2.24) is 14.8 Å². The Morgan fingerprint density at radius 2 is 1.58 bits per heavy atom. The molecular weight excluding hydrogens is 458 g/mol. The number of ketones is 1. The van der Waals surface area contributed by atoms with Crippen LogP contribution in [-0.2, 0) is 11.8 Å². The maximum Gasteiger partial charge on any atom is 0.215 e. The second-order valence-electron chi connectivity index (χ2n) is 8.76. The largest absolute Gasteiger partial charge is 0.497 e. The van der Waals surface area contributed by atoms with Crippen LogP contribution in [0, 0.1) is 6.92 Å². The molecule has 0 saturated carbocycles. The minimum absolute atomic E-state index is 0.00652. The van der Waals surface area contributed by atoms with E-state index in [1.165, 1.54) is 0 Å². The number of Topliss-reactive ketones (excluding diaryl/α,β-unsaturated/α-hetero) is 1. The van der Waals surface area contributed by atoms with Crippen LogP contribution in [-0.4, -0.2) is 48.5 Å². The van der Waals surface area contributed by atoms with Crippen LogP contribution in [0.4, 0.5) is 0 Å². The van der Waals surface area contributed by atoms with Gasteiger partial charge >= 0.3 is 0 Å². The van der Waals surface area contributed by atoms with Crippen LogP contribution in [0.2, 0.25) is 0 Å². The van der Waals surface area contributed by atoms with Gasteiger partial charge in [0.05, 0.1) is 26.7 Å². The second-order valence-corrected chi connectivity index (χ2v) is 8.76. The fourth-order valence-electron chi connectivity index (χ4n) is 4.23. The van der Waals surface area contributed by atoms with Crippen LogP contribution in [0.5, 0.6) is 23.1 Å². The quantitative estimate of drug-likeness (QED) is 0.306. The van der Waals surface area contributed by atoms with Gasteiger partial charge in [-0.25, -0.2) is 4.68 Å². The van der Waals surface area contributed by atoms with Crippen LogP contribution < -0.4 is 18.9 Å². The van der Waals surface area contributed by atoms with Gasteiger partial charge in [0, 0.05) is 31.2 Å². The molecule has 4 aromatic rings. The minimum Gasteiger partial charge on any atom is -0.497 e. The average molecular weight is 490 g/mol. The number of carbonyl (C=O) groups excluding carboxylic acids is 1. The van der Waals surface area contributed by atoms with E-state index in [-0.39, 0.29) is 18.3 Å². The number of methoxy groups -OCH3 is 3. The molecule has 8 heteroatoms. The summed E-state index contributed by atoms with van der Waals surface area (Å²) in [4.78, 5) is 17.3. The minimum atomic E-state index is -0.0454. The van der Waals surface area contributed by atoms with E-state index in [1.54, 1.807) is 26.0 Å². The molecule has 0 saturated heterocycles. The molecule has 2 aromatic heterocycles. The van der Waals surface area contributed by atoms with Crippen molar-refractivity contribution in [1.29, 1.82) is 0 Å². The number of pyridine rings is 1. The van der Waals surface area contributed by atoms with Crippen LogP contribution in [0.25, 0.3) is 22.3 Å². The Morgan fingerprint density at radius 3 is 2.19 bits per heavy atom. The number of benzene rings is 2. The normalized spacial score (nSPS) is 11.8. The van der Waals surface area contributed by atoms with E-state index < -0.39 is 0 Å². The summed E-state index contributed by atoms with van der Waals surface area (Å²) in [5, 5.41) is 5.61. The summed E-state index contributed by atoms with van der Waals surface area (Å²) >= 11 is 0. The molecule has 0 bridgehead atoms. The lowest BCUT2D eigenvalue weighted by Gasteiger charge is -2.12. The molecule has 0 spiro atoms. The van der Waals surface area contributed by atoms with Gasteiger partial charge in [0.1, 0.15) is 29.5 Å². The Balaban J connectivity index is 1.51. The van der Waals surface area contributed by atoms with Gasteiger partial charge < -0.3 is 18.9 Å². The van der Waals surface area contributed by atoms with Crippen LogP contribution in [0.15, 0.2) is 48.5 Å². The number of rotatable bonds is 10. The highest BCUT2D eigenvalue weighted by atomic mass is 16.5. The fourth-order valence-corrected chi connectivity index (χ4v) is 4.23. The zero-order valence-corrected chi connectivity index (χ0v) is 21.5. The molecule has 188 valence electrons. The Morgan fingerprint density at radius 1 is 0.944 bits per heavy atom. The fraction of sp³-hybridized carbons (Fsp3) is 0.321. The SMILES string of the molecule is COc1ccc([C@H](C)CC(=O)COc2cc(C)c3c(-c4cc(OC)cc(OC)c4)nn(C)c3n2)cc1. The molecule has 0 fully saturated rings. The van der Waals surface area contributed by atoms with E-state index in [4.69, 9.17) is 24.0 Å². The molecule has 0 unspecified atom stereocenters. The molecule has 0 amide bonds. The molecular formula is C28H31N3O5. The number of aryl methyl sites for hydroxylation is 2. The number of hydrogen-bond acceptors (Lipinski definition) is 7. The van der Waals surface area contributed by atoms with Gasteiger partial charge in [-0.2, -0.15) is 10.1 Å². The van der Waals surface area contributed by atoms with Crippen molar-refractivity contribution in [3.05, 3.63) is 59.7 Å². The van der Waals surface area contributed by atoms with Gasteiger partial charge in [-0.05, 0) is 48.2 Å². The summed E-state index contributed by atoms with van der Waals surface area (Å²) in [5.41, 5.74) is 4.32. The Labute approximate surface area is 210 Å². The first-order valence-electron chi connectivity index (χ1n) is 11.7. The van der Waals surface area contributed by atoms with Crippen molar-refractivity contribution in [2.45, 2.75) is 26.2 Å². The van der Waals surface area contributed by atoms with Gasteiger partial charge in [-0.15, -0.1) is 0 Å². The first-order valence-corrected chi connectivity index (χ1v) is 11.7. The third-order valence-corrected chi connectivity index (χ3v) is 6.19. The van der Waals surface area contributed by atoms with E-state index in [0.29, 0.717) is 29.4 Å². The van der Waals surface area contributed by atoms with Crippen molar-refractivity contribution in [3.8, 4) is 34.4 Å². The van der Waals surface area contributed by atoms with Crippen molar-refractivity contribution >= 4 is 16.8 Å². The average Bonchev–Trinajstić information content (AvgIpc) is 3.23. The Bertz CT molecular complexity index is 1360. The standard InChI is InChI=1S/C28H31N3O5/c1-17(19-7-9-22(33-4)10-8-19)11-21(32)16-36-25-12-18(2)26-27(30-31(3)28(26)29-25)20-13-23(34-5)15-24(14-20)35-6/h7-10,12-15,17H,11,16H2,1-6H3/t17-/m1/s1. The number of fused-ring (bicyclic) bond motifs is 1. The molecule has 0 aliphatic rings. The van der Waals surface area contributed by atoms with Gasteiger partial charge in [0.2, 0.25) is 5.88 Å². The first-order chi connectivity index (χ1) is 17.3. The highest BCUT2D eigenvalue weighted by molar-refractivity contribution is 5.94. The van der Waals surface area contributed by atoms with E-state index in [1.807, 2.05) is 69.4 Å². The molecule has 0 N–H and O–H groups in total. The topological polar surface area (TPSA) is 84.7 Å². The lowest BCUT2D eigenvalue weighted by atomic mass is 9.96. The molecule has 0 aliphatic carbocycles. The van der Waals surface area contributed by atoms with E-state index in [9.17, 15) is 4.79 Å². The number of aromatic nitrogens is 3. The lowest BCUT2D eigenvalue weighted by Crippen LogP contribution is -2.14. The third kappa shape index (κ3) is 5.27. The highest BCUT2D eigenvalue weighted by Crippen LogP contribution is 2.35. The predicted octanol–water partition coefficient (Wildman–Crippen LogP) is 5.11. The Hall–Kier alpha value is -4.07. The zero-order valence-electron chi connectivity index (χ0n) is 21.5. The van der Waals surface area contributed by atoms with E-state index in [2.05, 4.69) is 4.98 Å². The zero-order chi connectivity index (χ0) is 25.8. The van der Waals surface area contributed by atoms with Crippen LogP contribution in [0.1, 0.15) is 30.4 Å². The Kier molecular flexibility index (Phi) is 7.43. The number of ether oxygens (including phenoxy) is 4. The molecule has 2 heterocycles.